The maximum Gasteiger partial charge on any atom is 0.226 e. The van der Waals surface area contributed by atoms with Crippen molar-refractivity contribution in [1.29, 1.82) is 0 Å². The zero-order chi connectivity index (χ0) is 16.2. The van der Waals surface area contributed by atoms with Crippen molar-refractivity contribution in [2.24, 2.45) is 13.0 Å². The van der Waals surface area contributed by atoms with Crippen LogP contribution in [0.3, 0.4) is 0 Å². The van der Waals surface area contributed by atoms with Crippen molar-refractivity contribution in [3.8, 4) is 0 Å². The summed E-state index contributed by atoms with van der Waals surface area (Å²) in [5.74, 6) is -0.439. The molecule has 0 saturated carbocycles. The Labute approximate surface area is 134 Å². The molecule has 0 radical (unpaired) electrons. The van der Waals surface area contributed by atoms with Gasteiger partial charge in [0.05, 0.1) is 18.2 Å². The number of hydrogen-bond acceptors (Lipinski definition) is 3. The molecule has 6 heteroatoms. The lowest BCUT2D eigenvalue weighted by molar-refractivity contribution is -0.126. The average molecular weight is 317 g/mol. The van der Waals surface area contributed by atoms with E-state index in [2.05, 4.69) is 10.4 Å². The van der Waals surface area contributed by atoms with Crippen LogP contribution in [0.25, 0.3) is 0 Å². The van der Waals surface area contributed by atoms with Crippen LogP contribution in [0, 0.1) is 11.7 Å². The molecule has 1 fully saturated rings. The lowest BCUT2D eigenvalue weighted by Crippen LogP contribution is -2.33. The molecule has 23 heavy (non-hydrogen) atoms. The second-order valence-electron chi connectivity index (χ2n) is 5.80. The molecule has 2 aromatic rings. The SMILES string of the molecule is Cn1cc([C@H]2OCC[C@@H]2C(=O)NCCc2ccc(F)cc2)cn1. The van der Waals surface area contributed by atoms with Gasteiger partial charge in [0.25, 0.3) is 0 Å². The summed E-state index contributed by atoms with van der Waals surface area (Å²) in [4.78, 5) is 12.4. The third-order valence-corrected chi connectivity index (χ3v) is 4.11. The van der Waals surface area contributed by atoms with E-state index < -0.39 is 0 Å². The number of nitrogens with one attached hydrogen (secondary N) is 1. The normalized spacial score (nSPS) is 20.6. The van der Waals surface area contributed by atoms with E-state index in [-0.39, 0.29) is 23.7 Å². The molecule has 0 unspecified atom stereocenters. The number of carbonyl (C=O) groups is 1. The number of aryl methyl sites for hydroxylation is 1. The van der Waals surface area contributed by atoms with E-state index in [1.165, 1.54) is 12.1 Å². The minimum absolute atomic E-state index is 0.00142. The van der Waals surface area contributed by atoms with E-state index in [1.807, 2.05) is 13.2 Å². The van der Waals surface area contributed by atoms with Crippen LogP contribution in [0.2, 0.25) is 0 Å². The van der Waals surface area contributed by atoms with E-state index >= 15 is 0 Å². The monoisotopic (exact) mass is 317 g/mol. The van der Waals surface area contributed by atoms with Crippen LogP contribution < -0.4 is 5.32 Å². The third-order valence-electron chi connectivity index (χ3n) is 4.11. The lowest BCUT2D eigenvalue weighted by atomic mass is 9.96. The molecule has 5 nitrogen and oxygen atoms in total. The minimum Gasteiger partial charge on any atom is -0.373 e. The second-order valence-corrected chi connectivity index (χ2v) is 5.80. The highest BCUT2D eigenvalue weighted by atomic mass is 19.1. The first-order valence-corrected chi connectivity index (χ1v) is 7.76. The van der Waals surface area contributed by atoms with Crippen molar-refractivity contribution in [3.05, 3.63) is 53.6 Å². The third kappa shape index (κ3) is 3.76. The van der Waals surface area contributed by atoms with E-state index in [0.717, 1.165) is 11.1 Å². The van der Waals surface area contributed by atoms with Crippen molar-refractivity contribution in [2.45, 2.75) is 18.9 Å². The largest absolute Gasteiger partial charge is 0.373 e. The molecular weight excluding hydrogens is 297 g/mol. The van der Waals surface area contributed by atoms with Crippen LogP contribution in [0.5, 0.6) is 0 Å². The second kappa shape index (κ2) is 6.91. The number of aromatic nitrogens is 2. The fraction of sp³-hybridized carbons (Fsp3) is 0.412. The summed E-state index contributed by atoms with van der Waals surface area (Å²) in [5.41, 5.74) is 1.93. The molecule has 1 amide bonds. The van der Waals surface area contributed by atoms with Gasteiger partial charge in [0.15, 0.2) is 0 Å². The molecule has 0 spiro atoms. The maximum absolute atomic E-state index is 12.9. The number of benzene rings is 1. The van der Waals surface area contributed by atoms with E-state index in [9.17, 15) is 9.18 Å². The van der Waals surface area contributed by atoms with Gasteiger partial charge in [0, 0.05) is 32.0 Å². The number of ether oxygens (including phenoxy) is 1. The van der Waals surface area contributed by atoms with Crippen molar-refractivity contribution in [2.75, 3.05) is 13.2 Å². The highest BCUT2D eigenvalue weighted by molar-refractivity contribution is 5.79. The standard InChI is InChI=1S/C17H20FN3O2/c1-21-11-13(10-20-21)16-15(7-9-23-16)17(22)19-8-6-12-2-4-14(18)5-3-12/h2-5,10-11,15-16H,6-9H2,1H3,(H,19,22)/t15-,16+/m0/s1. The Morgan fingerprint density at radius 3 is 2.91 bits per heavy atom. The topological polar surface area (TPSA) is 56.1 Å². The lowest BCUT2D eigenvalue weighted by Gasteiger charge is -2.17. The summed E-state index contributed by atoms with van der Waals surface area (Å²) >= 11 is 0. The summed E-state index contributed by atoms with van der Waals surface area (Å²) in [6.07, 6.45) is 4.79. The molecule has 0 aliphatic carbocycles. The molecule has 1 aliphatic heterocycles. The van der Waals surface area contributed by atoms with E-state index in [0.29, 0.717) is 26.0 Å². The van der Waals surface area contributed by atoms with Crippen LogP contribution in [0.1, 0.15) is 23.7 Å². The van der Waals surface area contributed by atoms with E-state index in [1.54, 1.807) is 23.0 Å². The first-order chi connectivity index (χ1) is 11.1. The van der Waals surface area contributed by atoms with Gasteiger partial charge in [-0.1, -0.05) is 12.1 Å². The Balaban J connectivity index is 1.54. The molecule has 122 valence electrons. The zero-order valence-corrected chi connectivity index (χ0v) is 13.0. The van der Waals surface area contributed by atoms with Gasteiger partial charge in [0.2, 0.25) is 5.91 Å². The molecular formula is C17H20FN3O2. The van der Waals surface area contributed by atoms with Gasteiger partial charge in [-0.05, 0) is 30.5 Å². The molecule has 0 bridgehead atoms. The molecule has 1 aromatic heterocycles. The van der Waals surface area contributed by atoms with Crippen LogP contribution in [0.4, 0.5) is 4.39 Å². The van der Waals surface area contributed by atoms with Crippen molar-refractivity contribution in [1.82, 2.24) is 15.1 Å². The molecule has 3 rings (SSSR count). The first-order valence-electron chi connectivity index (χ1n) is 7.76. The minimum atomic E-state index is -0.250. The van der Waals surface area contributed by atoms with Crippen LogP contribution in [-0.2, 0) is 23.0 Å². The smallest absolute Gasteiger partial charge is 0.226 e. The Hall–Kier alpha value is -2.21. The maximum atomic E-state index is 12.9. The molecule has 1 aliphatic rings. The molecule has 1 aromatic carbocycles. The number of amides is 1. The van der Waals surface area contributed by atoms with Gasteiger partial charge in [-0.3, -0.25) is 9.48 Å². The quantitative estimate of drug-likeness (QED) is 0.917. The number of carbonyl (C=O) groups excluding carboxylic acids is 1. The number of rotatable bonds is 5. The summed E-state index contributed by atoms with van der Waals surface area (Å²) in [7, 11) is 1.84. The van der Waals surface area contributed by atoms with Crippen LogP contribution >= 0.6 is 0 Å². The number of halogens is 1. The average Bonchev–Trinajstić information content (AvgIpc) is 3.17. The Bertz CT molecular complexity index is 669. The zero-order valence-electron chi connectivity index (χ0n) is 13.0. The molecule has 2 heterocycles. The van der Waals surface area contributed by atoms with Gasteiger partial charge in [0.1, 0.15) is 5.82 Å². The van der Waals surface area contributed by atoms with Crippen LogP contribution in [0.15, 0.2) is 36.7 Å². The molecule has 2 atom stereocenters. The summed E-state index contributed by atoms with van der Waals surface area (Å²) in [6.45, 7) is 1.11. The predicted octanol–water partition coefficient (Wildman–Crippen LogP) is 2.00. The van der Waals surface area contributed by atoms with Gasteiger partial charge >= 0.3 is 0 Å². The first kappa shape index (κ1) is 15.7. The van der Waals surface area contributed by atoms with Gasteiger partial charge in [-0.2, -0.15) is 5.10 Å². The summed E-state index contributed by atoms with van der Waals surface area (Å²) < 4.78 is 20.3. The number of hydrogen-bond donors (Lipinski definition) is 1. The van der Waals surface area contributed by atoms with E-state index in [4.69, 9.17) is 4.74 Å². The highest BCUT2D eigenvalue weighted by Crippen LogP contribution is 2.34. The molecule has 1 N–H and O–H groups in total. The Morgan fingerprint density at radius 2 is 2.22 bits per heavy atom. The Morgan fingerprint density at radius 1 is 1.43 bits per heavy atom. The van der Waals surface area contributed by atoms with Gasteiger partial charge in [-0.25, -0.2) is 4.39 Å². The van der Waals surface area contributed by atoms with Gasteiger partial charge in [-0.15, -0.1) is 0 Å². The van der Waals surface area contributed by atoms with Crippen molar-refractivity contribution in [3.63, 3.8) is 0 Å². The number of nitrogens with zero attached hydrogens (tertiary/aromatic N) is 2. The highest BCUT2D eigenvalue weighted by Gasteiger charge is 2.35. The predicted molar refractivity (Wildman–Crippen MR) is 83.1 cm³/mol. The summed E-state index contributed by atoms with van der Waals surface area (Å²) in [5, 5.41) is 7.09. The van der Waals surface area contributed by atoms with Crippen molar-refractivity contribution >= 4 is 5.91 Å². The van der Waals surface area contributed by atoms with Crippen LogP contribution in [-0.4, -0.2) is 28.8 Å². The fourth-order valence-electron chi connectivity index (χ4n) is 2.89. The van der Waals surface area contributed by atoms with Crippen molar-refractivity contribution < 1.29 is 13.9 Å². The molecule has 1 saturated heterocycles. The Kier molecular flexibility index (Phi) is 4.71. The van der Waals surface area contributed by atoms with Gasteiger partial charge < -0.3 is 10.1 Å². The fourth-order valence-corrected chi connectivity index (χ4v) is 2.89. The summed E-state index contributed by atoms with van der Waals surface area (Å²) in [6, 6.07) is 6.33.